The Morgan fingerprint density at radius 2 is 2.16 bits per heavy atom. The summed E-state index contributed by atoms with van der Waals surface area (Å²) >= 11 is 6.83. The monoisotopic (exact) mass is 391 g/mol. The van der Waals surface area contributed by atoms with Crippen molar-refractivity contribution in [2.45, 2.75) is 6.04 Å². The Morgan fingerprint density at radius 1 is 1.47 bits per heavy atom. The van der Waals surface area contributed by atoms with Crippen LogP contribution >= 0.6 is 31.9 Å². The van der Waals surface area contributed by atoms with Crippen LogP contribution in [0.25, 0.3) is 0 Å². The summed E-state index contributed by atoms with van der Waals surface area (Å²) in [4.78, 5) is 18.5. The highest BCUT2D eigenvalue weighted by Crippen LogP contribution is 2.29. The molecule has 0 aliphatic carbocycles. The molecule has 19 heavy (non-hydrogen) atoms. The van der Waals surface area contributed by atoms with Gasteiger partial charge in [0.05, 0.1) is 12.8 Å². The van der Waals surface area contributed by atoms with Gasteiger partial charge in [0.2, 0.25) is 0 Å². The fraction of sp³-hybridized carbons (Fsp3) is 0.500. The summed E-state index contributed by atoms with van der Waals surface area (Å²) in [6, 6.07) is 1.43. The Morgan fingerprint density at radius 3 is 2.74 bits per heavy atom. The Labute approximate surface area is 129 Å². The predicted molar refractivity (Wildman–Crippen MR) is 78.8 cm³/mol. The normalized spacial score (nSPS) is 18.1. The molecule has 1 N–H and O–H groups in total. The van der Waals surface area contributed by atoms with Gasteiger partial charge in [-0.15, -0.1) is 0 Å². The summed E-state index contributed by atoms with van der Waals surface area (Å²) in [7, 11) is 1.41. The highest BCUT2D eigenvalue weighted by molar-refractivity contribution is 9.11. The number of hydrogen-bond donors (Lipinski definition) is 1. The zero-order valence-corrected chi connectivity index (χ0v) is 13.7. The largest absolute Gasteiger partial charge is 0.468 e. The summed E-state index contributed by atoms with van der Waals surface area (Å²) in [5.41, 5.74) is 0.692. The summed E-state index contributed by atoms with van der Waals surface area (Å²) in [5, 5.41) is 3.27. The van der Waals surface area contributed by atoms with Gasteiger partial charge in [-0.05, 0) is 37.9 Å². The van der Waals surface area contributed by atoms with Crippen molar-refractivity contribution in [3.63, 3.8) is 0 Å². The first-order valence-corrected chi connectivity index (χ1v) is 7.55. The molecule has 2 heterocycles. The quantitative estimate of drug-likeness (QED) is 0.794. The lowest BCUT2D eigenvalue weighted by Crippen LogP contribution is -2.47. The molecule has 1 saturated heterocycles. The second-order valence-electron chi connectivity index (χ2n) is 4.23. The molecule has 1 fully saturated rings. The molecule has 1 aliphatic rings. The van der Waals surface area contributed by atoms with Crippen molar-refractivity contribution in [2.24, 2.45) is 0 Å². The molecule has 1 unspecified atom stereocenters. The van der Waals surface area contributed by atoms with Gasteiger partial charge in [-0.2, -0.15) is 0 Å². The SMILES string of the molecule is COC(=O)C(c1ncc(Br)cc1Br)N1CCNCC1. The average molecular weight is 393 g/mol. The fourth-order valence-corrected chi connectivity index (χ4v) is 3.32. The summed E-state index contributed by atoms with van der Waals surface area (Å²) < 4.78 is 6.60. The van der Waals surface area contributed by atoms with E-state index in [1.165, 1.54) is 7.11 Å². The molecule has 0 bridgehead atoms. The van der Waals surface area contributed by atoms with Gasteiger partial charge in [0.15, 0.2) is 6.04 Å². The van der Waals surface area contributed by atoms with E-state index < -0.39 is 6.04 Å². The lowest BCUT2D eigenvalue weighted by Gasteiger charge is -2.33. The third kappa shape index (κ3) is 3.53. The van der Waals surface area contributed by atoms with Gasteiger partial charge in [0.1, 0.15) is 0 Å². The molecule has 0 spiro atoms. The van der Waals surface area contributed by atoms with Crippen molar-refractivity contribution in [2.75, 3.05) is 33.3 Å². The molecule has 0 aromatic carbocycles. The van der Waals surface area contributed by atoms with Crippen LogP contribution in [0, 0.1) is 0 Å². The van der Waals surface area contributed by atoms with Crippen LogP contribution in [0.2, 0.25) is 0 Å². The molecule has 1 aromatic rings. The maximum absolute atomic E-state index is 12.1. The van der Waals surface area contributed by atoms with Gasteiger partial charge in [-0.25, -0.2) is 4.79 Å². The van der Waals surface area contributed by atoms with Gasteiger partial charge >= 0.3 is 5.97 Å². The molecule has 7 heteroatoms. The first kappa shape index (κ1) is 14.9. The number of hydrogen-bond acceptors (Lipinski definition) is 5. The lowest BCUT2D eigenvalue weighted by atomic mass is 10.1. The summed E-state index contributed by atoms with van der Waals surface area (Å²) in [5.74, 6) is -0.280. The van der Waals surface area contributed by atoms with Gasteiger partial charge in [-0.1, -0.05) is 0 Å². The Hall–Kier alpha value is -0.500. The number of carbonyl (C=O) groups excluding carboxylic acids is 1. The Balaban J connectivity index is 2.33. The molecule has 0 amide bonds. The van der Waals surface area contributed by atoms with E-state index in [2.05, 4.69) is 47.1 Å². The molecule has 1 aliphatic heterocycles. The van der Waals surface area contributed by atoms with Crippen molar-refractivity contribution in [1.29, 1.82) is 0 Å². The smallest absolute Gasteiger partial charge is 0.329 e. The van der Waals surface area contributed by atoms with Gasteiger partial charge in [-0.3, -0.25) is 9.88 Å². The van der Waals surface area contributed by atoms with Crippen LogP contribution in [0.3, 0.4) is 0 Å². The Kier molecular flexibility index (Phi) is 5.32. The van der Waals surface area contributed by atoms with E-state index in [-0.39, 0.29) is 5.97 Å². The molecule has 5 nitrogen and oxygen atoms in total. The lowest BCUT2D eigenvalue weighted by molar-refractivity contribution is -0.147. The number of carbonyl (C=O) groups is 1. The topological polar surface area (TPSA) is 54.5 Å². The number of pyridine rings is 1. The van der Waals surface area contributed by atoms with Gasteiger partial charge < -0.3 is 10.1 Å². The predicted octanol–water partition coefficient (Wildman–Crippen LogP) is 1.73. The average Bonchev–Trinajstić information content (AvgIpc) is 2.42. The molecule has 1 atom stereocenters. The standard InChI is InChI=1S/C12H15Br2N3O2/c1-19-12(18)11(17-4-2-15-3-5-17)10-9(14)6-8(13)7-16-10/h6-7,11,15H,2-5H2,1H3. The Bertz CT molecular complexity index is 464. The first-order chi connectivity index (χ1) is 9.13. The minimum absolute atomic E-state index is 0.280. The molecular formula is C12H15Br2N3O2. The molecular weight excluding hydrogens is 378 g/mol. The zero-order chi connectivity index (χ0) is 13.8. The van der Waals surface area contributed by atoms with Crippen LogP contribution < -0.4 is 5.32 Å². The van der Waals surface area contributed by atoms with Crippen LogP contribution in [0.4, 0.5) is 0 Å². The van der Waals surface area contributed by atoms with E-state index in [9.17, 15) is 4.79 Å². The van der Waals surface area contributed by atoms with Crippen molar-refractivity contribution >= 4 is 37.8 Å². The van der Waals surface area contributed by atoms with E-state index in [1.807, 2.05) is 6.07 Å². The third-order valence-electron chi connectivity index (χ3n) is 3.04. The number of esters is 1. The van der Waals surface area contributed by atoms with Crippen LogP contribution in [0.5, 0.6) is 0 Å². The van der Waals surface area contributed by atoms with Crippen LogP contribution in [-0.4, -0.2) is 49.1 Å². The summed E-state index contributed by atoms with van der Waals surface area (Å²) in [6.45, 7) is 3.32. The number of rotatable bonds is 3. The van der Waals surface area contributed by atoms with Gasteiger partial charge in [0, 0.05) is 41.3 Å². The summed E-state index contributed by atoms with van der Waals surface area (Å²) in [6.07, 6.45) is 1.69. The maximum atomic E-state index is 12.1. The molecule has 0 radical (unpaired) electrons. The first-order valence-electron chi connectivity index (χ1n) is 5.97. The fourth-order valence-electron chi connectivity index (χ4n) is 2.11. The van der Waals surface area contributed by atoms with Crippen LogP contribution in [0.15, 0.2) is 21.2 Å². The van der Waals surface area contributed by atoms with Crippen molar-refractivity contribution in [3.8, 4) is 0 Å². The van der Waals surface area contributed by atoms with Crippen LogP contribution in [-0.2, 0) is 9.53 Å². The van der Waals surface area contributed by atoms with Crippen molar-refractivity contribution in [1.82, 2.24) is 15.2 Å². The highest BCUT2D eigenvalue weighted by Gasteiger charge is 2.32. The molecule has 1 aromatic heterocycles. The highest BCUT2D eigenvalue weighted by atomic mass is 79.9. The number of piperazine rings is 1. The number of halogens is 2. The second kappa shape index (κ2) is 6.78. The van der Waals surface area contributed by atoms with E-state index in [4.69, 9.17) is 4.74 Å². The zero-order valence-electron chi connectivity index (χ0n) is 10.5. The van der Waals surface area contributed by atoms with E-state index in [1.54, 1.807) is 6.20 Å². The second-order valence-corrected chi connectivity index (χ2v) is 6.00. The number of nitrogens with zero attached hydrogens (tertiary/aromatic N) is 2. The van der Waals surface area contributed by atoms with E-state index >= 15 is 0 Å². The number of ether oxygens (including phenoxy) is 1. The minimum Gasteiger partial charge on any atom is -0.468 e. The number of nitrogens with one attached hydrogen (secondary N) is 1. The maximum Gasteiger partial charge on any atom is 0.329 e. The molecule has 104 valence electrons. The van der Waals surface area contributed by atoms with E-state index in [0.717, 1.165) is 35.1 Å². The number of aromatic nitrogens is 1. The van der Waals surface area contributed by atoms with Gasteiger partial charge in [0.25, 0.3) is 0 Å². The minimum atomic E-state index is -0.463. The van der Waals surface area contributed by atoms with Crippen molar-refractivity contribution < 1.29 is 9.53 Å². The number of methoxy groups -OCH3 is 1. The van der Waals surface area contributed by atoms with Crippen LogP contribution in [0.1, 0.15) is 11.7 Å². The molecule has 2 rings (SSSR count). The van der Waals surface area contributed by atoms with E-state index in [0.29, 0.717) is 5.69 Å². The molecule has 0 saturated carbocycles. The third-order valence-corrected chi connectivity index (χ3v) is 4.11. The van der Waals surface area contributed by atoms with Crippen molar-refractivity contribution in [3.05, 3.63) is 26.9 Å².